The summed E-state index contributed by atoms with van der Waals surface area (Å²) >= 11 is 0. The fourth-order valence-corrected chi connectivity index (χ4v) is 4.04. The van der Waals surface area contributed by atoms with Gasteiger partial charge in [-0.05, 0) is 47.4 Å². The van der Waals surface area contributed by atoms with E-state index in [0.717, 1.165) is 10.8 Å². The van der Waals surface area contributed by atoms with Gasteiger partial charge in [-0.15, -0.1) is 0 Å². The van der Waals surface area contributed by atoms with E-state index in [1.54, 1.807) is 42.5 Å². The molecule has 4 aromatic carbocycles. The van der Waals surface area contributed by atoms with Gasteiger partial charge in [0.25, 0.3) is 0 Å². The number of para-hydroxylation sites is 2. The van der Waals surface area contributed by atoms with Gasteiger partial charge in [0.05, 0.1) is 17.1 Å². The lowest BCUT2D eigenvalue weighted by Gasteiger charge is -2.31. The Balaban J connectivity index is 1.56. The van der Waals surface area contributed by atoms with Gasteiger partial charge in [0.2, 0.25) is 5.91 Å². The summed E-state index contributed by atoms with van der Waals surface area (Å²) in [6, 6.07) is 26.8. The molecule has 2 amide bonds. The third kappa shape index (κ3) is 6.27. The molecule has 0 spiro atoms. The number of hydrogen-bond acceptors (Lipinski definition) is 5. The second-order valence-electron chi connectivity index (χ2n) is 9.26. The molecule has 37 heavy (non-hydrogen) atoms. The molecule has 4 aromatic rings. The first-order chi connectivity index (χ1) is 17.7. The molecule has 0 aliphatic heterocycles. The Kier molecular flexibility index (Phi) is 7.44. The summed E-state index contributed by atoms with van der Waals surface area (Å²) in [5.41, 5.74) is 7.37. The summed E-state index contributed by atoms with van der Waals surface area (Å²) < 4.78 is 5.93. The predicted octanol–water partition coefficient (Wildman–Crippen LogP) is 6.64. The maximum atomic E-state index is 13.1. The summed E-state index contributed by atoms with van der Waals surface area (Å²) in [6.45, 7) is 3.72. The number of carbonyl (C=O) groups excluding carboxylic acids is 2. The summed E-state index contributed by atoms with van der Waals surface area (Å²) in [5, 5.41) is 17.2. The fraction of sp³-hybridized carbons (Fsp3) is 0.133. The first-order valence-corrected chi connectivity index (χ1v) is 11.8. The van der Waals surface area contributed by atoms with E-state index in [1.165, 1.54) is 18.2 Å². The molecule has 0 saturated carbocycles. The number of phenolic OH excluding ortho intramolecular Hbond substituents is 1. The zero-order valence-corrected chi connectivity index (χ0v) is 20.6. The molecule has 5 N–H and O–H groups in total. The van der Waals surface area contributed by atoms with Gasteiger partial charge >= 0.3 is 6.09 Å². The Morgan fingerprint density at radius 2 is 1.51 bits per heavy atom. The predicted molar refractivity (Wildman–Crippen MR) is 147 cm³/mol. The number of carbonyl (C=O) groups is 2. The Morgan fingerprint density at radius 1 is 0.865 bits per heavy atom. The van der Waals surface area contributed by atoms with Crippen LogP contribution in [0.2, 0.25) is 0 Å². The zero-order chi connectivity index (χ0) is 26.4. The third-order valence-electron chi connectivity index (χ3n) is 6.01. The van der Waals surface area contributed by atoms with Gasteiger partial charge in [-0.25, -0.2) is 4.79 Å². The van der Waals surface area contributed by atoms with Crippen LogP contribution in [0.4, 0.5) is 21.9 Å². The molecule has 7 heteroatoms. The van der Waals surface area contributed by atoms with Gasteiger partial charge in [0.15, 0.2) is 0 Å². The Bertz CT molecular complexity index is 1440. The Labute approximate surface area is 215 Å². The van der Waals surface area contributed by atoms with Crippen molar-refractivity contribution in [3.63, 3.8) is 0 Å². The Hall–Kier alpha value is -4.78. The number of nitrogen functional groups attached to an aromatic ring is 1. The van der Waals surface area contributed by atoms with Crippen LogP contribution in [0.3, 0.4) is 0 Å². The molecule has 0 radical (unpaired) electrons. The largest absolute Gasteiger partial charge is 0.508 e. The van der Waals surface area contributed by atoms with Gasteiger partial charge < -0.3 is 20.9 Å². The van der Waals surface area contributed by atoms with Crippen molar-refractivity contribution in [3.8, 4) is 5.75 Å². The van der Waals surface area contributed by atoms with E-state index in [4.69, 9.17) is 10.5 Å². The number of ether oxygens (including phenoxy) is 1. The number of amides is 2. The van der Waals surface area contributed by atoms with E-state index in [1.807, 2.05) is 56.3 Å². The van der Waals surface area contributed by atoms with Gasteiger partial charge in [0.1, 0.15) is 11.9 Å². The second-order valence-corrected chi connectivity index (χ2v) is 9.26. The third-order valence-corrected chi connectivity index (χ3v) is 6.01. The van der Waals surface area contributed by atoms with Crippen molar-refractivity contribution >= 4 is 39.8 Å². The van der Waals surface area contributed by atoms with Gasteiger partial charge in [0, 0.05) is 10.8 Å². The minimum absolute atomic E-state index is 0.0934. The van der Waals surface area contributed by atoms with E-state index in [0.29, 0.717) is 22.6 Å². The number of fused-ring (bicyclic) bond motifs is 1. The number of hydrogen-bond donors (Lipinski definition) is 4. The van der Waals surface area contributed by atoms with Crippen LogP contribution in [0.25, 0.3) is 10.8 Å². The van der Waals surface area contributed by atoms with Gasteiger partial charge in [-0.3, -0.25) is 10.1 Å². The molecule has 0 saturated heterocycles. The lowest BCUT2D eigenvalue weighted by atomic mass is 9.82. The van der Waals surface area contributed by atoms with E-state index < -0.39 is 17.6 Å². The van der Waals surface area contributed by atoms with Crippen LogP contribution in [0.15, 0.2) is 103 Å². The summed E-state index contributed by atoms with van der Waals surface area (Å²) in [4.78, 5) is 25.7. The highest BCUT2D eigenvalue weighted by molar-refractivity contribution is 6.01. The molecule has 0 fully saturated rings. The highest BCUT2D eigenvalue weighted by atomic mass is 16.6. The van der Waals surface area contributed by atoms with Crippen LogP contribution in [-0.2, 0) is 9.53 Å². The molecule has 0 aliphatic carbocycles. The lowest BCUT2D eigenvalue weighted by molar-refractivity contribution is -0.112. The SMILES string of the molecule is CC(C)(/C=C/C(=O)Nc1ccccc1N)[C@@H](OC(=O)Nc1cccc2ccccc12)c1ccc(O)cc1. The molecule has 7 nitrogen and oxygen atoms in total. The van der Waals surface area contributed by atoms with E-state index in [9.17, 15) is 14.7 Å². The number of phenols is 1. The van der Waals surface area contributed by atoms with Crippen LogP contribution in [0, 0.1) is 5.41 Å². The van der Waals surface area contributed by atoms with E-state index in [-0.39, 0.29) is 11.7 Å². The minimum Gasteiger partial charge on any atom is -0.508 e. The highest BCUT2D eigenvalue weighted by Crippen LogP contribution is 2.39. The molecular weight excluding hydrogens is 466 g/mol. The first kappa shape index (κ1) is 25.3. The van der Waals surface area contributed by atoms with Crippen LogP contribution < -0.4 is 16.4 Å². The summed E-state index contributed by atoms with van der Waals surface area (Å²) in [5.74, 6) is -0.272. The zero-order valence-electron chi connectivity index (χ0n) is 20.6. The summed E-state index contributed by atoms with van der Waals surface area (Å²) in [6.07, 6.45) is 1.67. The average molecular weight is 496 g/mol. The first-order valence-electron chi connectivity index (χ1n) is 11.8. The molecule has 0 unspecified atom stereocenters. The van der Waals surface area contributed by atoms with Crippen molar-refractivity contribution in [3.05, 3.63) is 109 Å². The van der Waals surface area contributed by atoms with Crippen molar-refractivity contribution in [2.24, 2.45) is 5.41 Å². The van der Waals surface area contributed by atoms with Crippen molar-refractivity contribution in [1.82, 2.24) is 0 Å². The smallest absolute Gasteiger partial charge is 0.412 e. The molecular formula is C30H29N3O4. The standard InChI is InChI=1S/C30H29N3O4/c1-30(2,19-18-27(35)32-26-12-6-5-11-24(26)31)28(21-14-16-22(34)17-15-21)37-29(36)33-25-13-7-9-20-8-3-4-10-23(20)25/h3-19,28,34H,31H2,1-2H3,(H,32,35)(H,33,36)/b19-18+/t28-/m0/s1. The van der Waals surface area contributed by atoms with Crippen molar-refractivity contribution in [2.75, 3.05) is 16.4 Å². The highest BCUT2D eigenvalue weighted by Gasteiger charge is 2.32. The quantitative estimate of drug-likeness (QED) is 0.170. The Morgan fingerprint density at radius 3 is 2.27 bits per heavy atom. The lowest BCUT2D eigenvalue weighted by Crippen LogP contribution is -2.28. The number of rotatable bonds is 7. The molecule has 0 aliphatic rings. The number of nitrogens with one attached hydrogen (secondary N) is 2. The van der Waals surface area contributed by atoms with Crippen LogP contribution in [-0.4, -0.2) is 17.1 Å². The topological polar surface area (TPSA) is 114 Å². The molecule has 4 rings (SSSR count). The van der Waals surface area contributed by atoms with Crippen molar-refractivity contribution in [2.45, 2.75) is 20.0 Å². The van der Waals surface area contributed by atoms with Crippen LogP contribution in [0.1, 0.15) is 25.5 Å². The maximum absolute atomic E-state index is 13.1. The number of nitrogens with two attached hydrogens (primary N) is 1. The molecule has 0 heterocycles. The maximum Gasteiger partial charge on any atom is 0.412 e. The van der Waals surface area contributed by atoms with E-state index >= 15 is 0 Å². The average Bonchev–Trinajstić information content (AvgIpc) is 2.88. The van der Waals surface area contributed by atoms with Gasteiger partial charge in [-0.1, -0.05) is 80.6 Å². The number of aromatic hydroxyl groups is 1. The molecule has 0 aromatic heterocycles. The van der Waals surface area contributed by atoms with Gasteiger partial charge in [-0.2, -0.15) is 0 Å². The van der Waals surface area contributed by atoms with Crippen LogP contribution >= 0.6 is 0 Å². The van der Waals surface area contributed by atoms with E-state index in [2.05, 4.69) is 10.6 Å². The monoisotopic (exact) mass is 495 g/mol. The fourth-order valence-electron chi connectivity index (χ4n) is 4.04. The molecule has 0 bridgehead atoms. The molecule has 1 atom stereocenters. The summed E-state index contributed by atoms with van der Waals surface area (Å²) in [7, 11) is 0. The normalized spacial score (nSPS) is 12.3. The van der Waals surface area contributed by atoms with Crippen molar-refractivity contribution < 1.29 is 19.4 Å². The van der Waals surface area contributed by atoms with Crippen molar-refractivity contribution in [1.29, 1.82) is 0 Å². The van der Waals surface area contributed by atoms with Crippen LogP contribution in [0.5, 0.6) is 5.75 Å². The second kappa shape index (κ2) is 10.9. The molecule has 188 valence electrons. The number of anilines is 3. The minimum atomic E-state index is -0.799. The number of benzene rings is 4.